The zero-order chi connectivity index (χ0) is 12.4. The first-order chi connectivity index (χ1) is 8.08. The molecule has 1 heterocycles. The van der Waals surface area contributed by atoms with Gasteiger partial charge in [-0.3, -0.25) is 0 Å². The molecule has 0 aliphatic carbocycles. The molecule has 2 N–H and O–H groups in total. The van der Waals surface area contributed by atoms with E-state index in [9.17, 15) is 0 Å². The van der Waals surface area contributed by atoms with Gasteiger partial charge in [-0.2, -0.15) is 0 Å². The second-order valence-electron chi connectivity index (χ2n) is 4.45. The van der Waals surface area contributed by atoms with Crippen molar-refractivity contribution in [3.63, 3.8) is 0 Å². The van der Waals surface area contributed by atoms with Gasteiger partial charge in [0.1, 0.15) is 0 Å². The van der Waals surface area contributed by atoms with Gasteiger partial charge >= 0.3 is 0 Å². The number of rotatable bonds is 3. The molecule has 0 aliphatic heterocycles. The zero-order valence-corrected chi connectivity index (χ0v) is 11.3. The van der Waals surface area contributed by atoms with Crippen LogP contribution in [-0.4, -0.2) is 7.05 Å². The van der Waals surface area contributed by atoms with Crippen LogP contribution < -0.4 is 10.6 Å². The van der Waals surface area contributed by atoms with Crippen molar-refractivity contribution in [1.29, 1.82) is 0 Å². The maximum Gasteiger partial charge on any atom is 0.0600 e. The summed E-state index contributed by atoms with van der Waals surface area (Å²) >= 11 is 1.80. The number of anilines is 2. The molecule has 1 aromatic carbocycles. The largest absolute Gasteiger partial charge is 0.397 e. The summed E-state index contributed by atoms with van der Waals surface area (Å²) in [5.74, 6) is 0. The van der Waals surface area contributed by atoms with Gasteiger partial charge in [0.05, 0.1) is 17.9 Å². The first-order valence-corrected chi connectivity index (χ1v) is 6.56. The Hall–Kier alpha value is -1.48. The predicted molar refractivity (Wildman–Crippen MR) is 76.8 cm³/mol. The van der Waals surface area contributed by atoms with Gasteiger partial charge in [0.25, 0.3) is 0 Å². The van der Waals surface area contributed by atoms with E-state index in [4.69, 9.17) is 5.73 Å². The number of nitrogens with two attached hydrogens (primary N) is 1. The summed E-state index contributed by atoms with van der Waals surface area (Å²) < 4.78 is 0. The predicted octanol–water partition coefficient (Wildman–Crippen LogP) is 3.58. The van der Waals surface area contributed by atoms with Gasteiger partial charge in [0.2, 0.25) is 0 Å². The summed E-state index contributed by atoms with van der Waals surface area (Å²) in [4.78, 5) is 3.60. The van der Waals surface area contributed by atoms with Crippen molar-refractivity contribution in [1.82, 2.24) is 0 Å². The second kappa shape index (κ2) is 4.80. The van der Waals surface area contributed by atoms with Crippen molar-refractivity contribution in [2.75, 3.05) is 17.7 Å². The SMILES string of the molecule is Cc1ccc(N(C)Cc2sccc2C)c(N)c1. The van der Waals surface area contributed by atoms with E-state index in [0.717, 1.165) is 17.9 Å². The lowest BCUT2D eigenvalue weighted by atomic mass is 10.2. The topological polar surface area (TPSA) is 29.3 Å². The lowest BCUT2D eigenvalue weighted by Crippen LogP contribution is -2.17. The molecule has 0 saturated heterocycles. The minimum absolute atomic E-state index is 0.849. The molecule has 0 fully saturated rings. The van der Waals surface area contributed by atoms with E-state index in [0.29, 0.717) is 0 Å². The number of thiophene rings is 1. The number of nitrogen functional groups attached to an aromatic ring is 1. The van der Waals surface area contributed by atoms with Gasteiger partial charge in [-0.25, -0.2) is 0 Å². The van der Waals surface area contributed by atoms with Crippen molar-refractivity contribution >= 4 is 22.7 Å². The van der Waals surface area contributed by atoms with Gasteiger partial charge in [-0.05, 0) is 48.6 Å². The Balaban J connectivity index is 2.20. The van der Waals surface area contributed by atoms with E-state index in [1.807, 2.05) is 6.07 Å². The summed E-state index contributed by atoms with van der Waals surface area (Å²) in [6.07, 6.45) is 0. The lowest BCUT2D eigenvalue weighted by molar-refractivity contribution is 0.935. The molecule has 1 aromatic heterocycles. The van der Waals surface area contributed by atoms with Crippen LogP contribution in [0, 0.1) is 13.8 Å². The molecular formula is C14H18N2S. The highest BCUT2D eigenvalue weighted by molar-refractivity contribution is 7.10. The van der Waals surface area contributed by atoms with E-state index in [1.165, 1.54) is 16.0 Å². The van der Waals surface area contributed by atoms with Gasteiger partial charge in [-0.15, -0.1) is 11.3 Å². The Morgan fingerprint density at radius 1 is 1.24 bits per heavy atom. The van der Waals surface area contributed by atoms with Crippen molar-refractivity contribution in [3.05, 3.63) is 45.6 Å². The monoisotopic (exact) mass is 246 g/mol. The van der Waals surface area contributed by atoms with Gasteiger partial charge in [-0.1, -0.05) is 6.07 Å². The average Bonchev–Trinajstić information content (AvgIpc) is 2.64. The van der Waals surface area contributed by atoms with Crippen LogP contribution in [0.4, 0.5) is 11.4 Å². The second-order valence-corrected chi connectivity index (χ2v) is 5.45. The average molecular weight is 246 g/mol. The molecule has 3 heteroatoms. The number of hydrogen-bond acceptors (Lipinski definition) is 3. The summed E-state index contributed by atoms with van der Waals surface area (Å²) in [6, 6.07) is 8.37. The highest BCUT2D eigenvalue weighted by Gasteiger charge is 2.08. The third kappa shape index (κ3) is 2.61. The Morgan fingerprint density at radius 3 is 2.59 bits per heavy atom. The van der Waals surface area contributed by atoms with E-state index < -0.39 is 0 Å². The van der Waals surface area contributed by atoms with Crippen LogP contribution in [0.2, 0.25) is 0 Å². The minimum Gasteiger partial charge on any atom is -0.397 e. The number of nitrogens with zero attached hydrogens (tertiary/aromatic N) is 1. The molecule has 0 radical (unpaired) electrons. The Kier molecular flexibility index (Phi) is 3.38. The Labute approximate surface area is 107 Å². The standard InChI is InChI=1S/C14H18N2S/c1-10-4-5-13(12(15)8-10)16(3)9-14-11(2)6-7-17-14/h4-8H,9,15H2,1-3H3. The van der Waals surface area contributed by atoms with Gasteiger partial charge in [0.15, 0.2) is 0 Å². The molecule has 0 saturated carbocycles. The molecule has 90 valence electrons. The van der Waals surface area contributed by atoms with Crippen molar-refractivity contribution in [2.24, 2.45) is 0 Å². The summed E-state index contributed by atoms with van der Waals surface area (Å²) in [6.45, 7) is 5.12. The van der Waals surface area contributed by atoms with Gasteiger partial charge in [0, 0.05) is 11.9 Å². The molecule has 0 spiro atoms. The maximum atomic E-state index is 6.05. The fourth-order valence-corrected chi connectivity index (χ4v) is 2.85. The highest BCUT2D eigenvalue weighted by Crippen LogP contribution is 2.26. The Bertz CT molecular complexity index is 517. The molecular weight excluding hydrogens is 228 g/mol. The quantitative estimate of drug-likeness (QED) is 0.839. The van der Waals surface area contributed by atoms with E-state index in [2.05, 4.69) is 49.4 Å². The molecule has 0 unspecified atom stereocenters. The van der Waals surface area contributed by atoms with Crippen LogP contribution in [0.3, 0.4) is 0 Å². The molecule has 0 aliphatic rings. The first-order valence-electron chi connectivity index (χ1n) is 5.68. The van der Waals surface area contributed by atoms with Crippen molar-refractivity contribution in [3.8, 4) is 0 Å². The van der Waals surface area contributed by atoms with Crippen molar-refractivity contribution in [2.45, 2.75) is 20.4 Å². The maximum absolute atomic E-state index is 6.05. The van der Waals surface area contributed by atoms with Crippen LogP contribution in [0.1, 0.15) is 16.0 Å². The molecule has 0 bridgehead atoms. The summed E-state index contributed by atoms with van der Waals surface area (Å²) in [5, 5.41) is 2.14. The molecule has 2 nitrogen and oxygen atoms in total. The normalized spacial score (nSPS) is 10.5. The molecule has 0 amide bonds. The highest BCUT2D eigenvalue weighted by atomic mass is 32.1. The molecule has 2 aromatic rings. The van der Waals surface area contributed by atoms with E-state index in [-0.39, 0.29) is 0 Å². The molecule has 2 rings (SSSR count). The van der Waals surface area contributed by atoms with E-state index in [1.54, 1.807) is 11.3 Å². The third-order valence-corrected chi connectivity index (χ3v) is 3.95. The summed E-state index contributed by atoms with van der Waals surface area (Å²) in [5.41, 5.74) is 10.6. The van der Waals surface area contributed by atoms with Gasteiger partial charge < -0.3 is 10.6 Å². The van der Waals surface area contributed by atoms with Crippen molar-refractivity contribution < 1.29 is 0 Å². The molecule has 17 heavy (non-hydrogen) atoms. The number of benzene rings is 1. The minimum atomic E-state index is 0.849. The van der Waals surface area contributed by atoms with Crippen LogP contribution in [-0.2, 0) is 6.54 Å². The van der Waals surface area contributed by atoms with Crippen LogP contribution in [0.25, 0.3) is 0 Å². The lowest BCUT2D eigenvalue weighted by Gasteiger charge is -2.21. The fraction of sp³-hybridized carbons (Fsp3) is 0.286. The first kappa shape index (κ1) is 12.0. The van der Waals surface area contributed by atoms with E-state index >= 15 is 0 Å². The van der Waals surface area contributed by atoms with Crippen LogP contribution in [0.5, 0.6) is 0 Å². The Morgan fingerprint density at radius 2 is 2.00 bits per heavy atom. The summed E-state index contributed by atoms with van der Waals surface area (Å²) in [7, 11) is 2.08. The van der Waals surface area contributed by atoms with Crippen LogP contribution >= 0.6 is 11.3 Å². The number of aryl methyl sites for hydroxylation is 2. The fourth-order valence-electron chi connectivity index (χ4n) is 1.89. The zero-order valence-electron chi connectivity index (χ0n) is 10.5. The van der Waals surface area contributed by atoms with Crippen LogP contribution in [0.15, 0.2) is 29.6 Å². The molecule has 0 atom stereocenters. The third-order valence-electron chi connectivity index (χ3n) is 2.94. The smallest absolute Gasteiger partial charge is 0.0600 e. The number of hydrogen-bond donors (Lipinski definition) is 1.